The molecule has 3 N–H and O–H groups in total. The summed E-state index contributed by atoms with van der Waals surface area (Å²) in [6.07, 6.45) is 0.779. The van der Waals surface area contributed by atoms with Gasteiger partial charge in [0.25, 0.3) is 11.8 Å². The van der Waals surface area contributed by atoms with Crippen LogP contribution in [0.1, 0.15) is 33.5 Å². The number of carbonyl (C=O) groups is 2. The number of fused-ring (bicyclic) bond motifs is 1. The lowest BCUT2D eigenvalue weighted by atomic mass is 9.95. The Kier molecular flexibility index (Phi) is 6.99. The molecule has 3 aliphatic heterocycles. The Morgan fingerprint density at radius 2 is 2.09 bits per heavy atom. The summed E-state index contributed by atoms with van der Waals surface area (Å²) in [4.78, 5) is 29.6. The summed E-state index contributed by atoms with van der Waals surface area (Å²) in [6.45, 7) is 4.55. The number of likely N-dealkylation sites (tertiary alicyclic amines) is 1. The molecule has 35 heavy (non-hydrogen) atoms. The molecule has 0 aliphatic carbocycles. The number of sulfone groups is 1. The third kappa shape index (κ3) is 5.23. The van der Waals surface area contributed by atoms with Gasteiger partial charge in [-0.1, -0.05) is 5.92 Å². The van der Waals surface area contributed by atoms with Gasteiger partial charge >= 0.3 is 0 Å². The molecule has 3 aliphatic rings. The minimum Gasteiger partial charge on any atom is -0.384 e. The van der Waals surface area contributed by atoms with Gasteiger partial charge < -0.3 is 14.7 Å². The van der Waals surface area contributed by atoms with E-state index in [1.165, 1.54) is 28.6 Å². The molecule has 12 heteroatoms. The van der Waals surface area contributed by atoms with Crippen LogP contribution < -0.4 is 5.48 Å². The number of β-amino-alcohol motifs (C(OH)–C–C–N with tert-alkyl or cyclic N) is 1. The van der Waals surface area contributed by atoms with E-state index in [0.717, 1.165) is 29.8 Å². The molecular weight excluding hydrogens is 494 g/mol. The molecule has 1 aromatic heterocycles. The number of thiophene rings is 1. The molecular formula is C23H27N3O7S2. The second-order valence-corrected chi connectivity index (χ2v) is 13.0. The summed E-state index contributed by atoms with van der Waals surface area (Å²) < 4.78 is 27.4. The highest BCUT2D eigenvalue weighted by Crippen LogP contribution is 2.32. The quantitative estimate of drug-likeness (QED) is 0.247. The fourth-order valence-electron chi connectivity index (χ4n) is 4.19. The van der Waals surface area contributed by atoms with E-state index in [1.807, 2.05) is 6.07 Å². The lowest BCUT2D eigenvalue weighted by Gasteiger charge is -2.45. The van der Waals surface area contributed by atoms with Gasteiger partial charge in [0.2, 0.25) is 0 Å². The van der Waals surface area contributed by atoms with Gasteiger partial charge in [-0.25, -0.2) is 13.9 Å². The summed E-state index contributed by atoms with van der Waals surface area (Å²) in [7, 11) is -3.83. The number of hydroxylamine groups is 1. The first-order valence-corrected chi connectivity index (χ1v) is 13.7. The predicted octanol–water partition coefficient (Wildman–Crippen LogP) is -0.549. The smallest absolute Gasteiger partial charge is 0.264 e. The van der Waals surface area contributed by atoms with E-state index < -0.39 is 26.1 Å². The van der Waals surface area contributed by atoms with Crippen molar-refractivity contribution in [2.45, 2.75) is 30.2 Å². The number of rotatable bonds is 7. The van der Waals surface area contributed by atoms with Crippen molar-refractivity contribution in [2.75, 3.05) is 45.6 Å². The molecule has 188 valence electrons. The van der Waals surface area contributed by atoms with E-state index in [0.29, 0.717) is 31.2 Å². The highest BCUT2D eigenvalue weighted by molar-refractivity contribution is 7.92. The molecule has 0 spiro atoms. The molecule has 4 heterocycles. The molecule has 2 fully saturated rings. The number of hydrogen-bond donors (Lipinski definition) is 3. The molecule has 1 aromatic rings. The molecule has 2 amide bonds. The fourth-order valence-corrected chi connectivity index (χ4v) is 6.03. The highest BCUT2D eigenvalue weighted by atomic mass is 32.2. The van der Waals surface area contributed by atoms with Gasteiger partial charge in [-0.3, -0.25) is 19.7 Å². The fraction of sp³-hybridized carbons (Fsp3) is 0.565. The second kappa shape index (κ2) is 9.54. The van der Waals surface area contributed by atoms with E-state index in [2.05, 4.69) is 28.6 Å². The Bertz CT molecular complexity index is 1260. The summed E-state index contributed by atoms with van der Waals surface area (Å²) in [5.41, 5.74) is 1.50. The van der Waals surface area contributed by atoms with Crippen LogP contribution in [0, 0.1) is 29.6 Å². The number of ether oxygens (including phenoxy) is 1. The Balaban J connectivity index is 1.29. The van der Waals surface area contributed by atoms with Crippen LogP contribution in [0.25, 0.3) is 0 Å². The maximum atomic E-state index is 12.8. The van der Waals surface area contributed by atoms with Crippen LogP contribution in [0.3, 0.4) is 0 Å². The van der Waals surface area contributed by atoms with E-state index in [9.17, 15) is 23.1 Å². The summed E-state index contributed by atoms with van der Waals surface area (Å²) in [6, 6.07) is 1.83. The maximum absolute atomic E-state index is 12.8. The van der Waals surface area contributed by atoms with Crippen LogP contribution in [-0.2, 0) is 25.9 Å². The average Bonchev–Trinajstić information content (AvgIpc) is 3.28. The molecule has 0 radical (unpaired) electrons. The monoisotopic (exact) mass is 521 g/mol. The second-order valence-electron chi connectivity index (χ2n) is 9.51. The van der Waals surface area contributed by atoms with Crippen LogP contribution in [0.5, 0.6) is 0 Å². The van der Waals surface area contributed by atoms with Crippen molar-refractivity contribution in [1.82, 2.24) is 15.3 Å². The van der Waals surface area contributed by atoms with Crippen molar-refractivity contribution in [2.24, 2.45) is 5.92 Å². The van der Waals surface area contributed by atoms with Crippen LogP contribution >= 0.6 is 11.3 Å². The van der Waals surface area contributed by atoms with Gasteiger partial charge in [-0.2, -0.15) is 0 Å². The summed E-state index contributed by atoms with van der Waals surface area (Å²) >= 11 is 1.26. The summed E-state index contributed by atoms with van der Waals surface area (Å²) in [5, 5.41) is 19.0. The molecule has 0 unspecified atom stereocenters. The minimum absolute atomic E-state index is 0.0482. The summed E-state index contributed by atoms with van der Waals surface area (Å²) in [5.74, 6) is 10.8. The Labute approximate surface area is 208 Å². The van der Waals surface area contributed by atoms with Crippen LogP contribution in [0.2, 0.25) is 0 Å². The first-order chi connectivity index (χ1) is 16.4. The average molecular weight is 522 g/mol. The molecule has 10 nitrogen and oxygen atoms in total. The third-order valence-electron chi connectivity index (χ3n) is 6.65. The lowest BCUT2D eigenvalue weighted by Crippen LogP contribution is -2.61. The standard InChI is InChI=1S/C23H27N3O7S2/c1-22(21(28)24-30,35(2,31)32)7-8-26-12-17-9-18(34-19(17)20(26)27)6-4-3-5-16-10-25(11-16)13-23(29)14-33-15-23/h9,16,29-30H,7-8,10-15H2,1-2H3,(H,24,28)/t22-/m1/s1. The van der Waals surface area contributed by atoms with Crippen molar-refractivity contribution >= 4 is 33.0 Å². The largest absolute Gasteiger partial charge is 0.384 e. The number of nitrogens with zero attached hydrogens (tertiary/aromatic N) is 2. The van der Waals surface area contributed by atoms with Crippen molar-refractivity contribution in [1.29, 1.82) is 0 Å². The van der Waals surface area contributed by atoms with Gasteiger partial charge in [-0.05, 0) is 42.7 Å². The van der Waals surface area contributed by atoms with Crippen LogP contribution in [-0.4, -0.2) is 96.3 Å². The normalized spacial score (nSPS) is 20.9. The third-order valence-corrected chi connectivity index (χ3v) is 9.76. The Hall–Kier alpha value is -2.45. The van der Waals surface area contributed by atoms with Crippen molar-refractivity contribution in [3.05, 3.63) is 21.4 Å². The van der Waals surface area contributed by atoms with Gasteiger partial charge in [0.1, 0.15) is 5.60 Å². The van der Waals surface area contributed by atoms with E-state index in [-0.39, 0.29) is 24.8 Å². The number of aliphatic hydroxyl groups is 1. The van der Waals surface area contributed by atoms with Gasteiger partial charge in [-0.15, -0.1) is 11.3 Å². The number of nitrogens with one attached hydrogen (secondary N) is 1. The molecule has 4 rings (SSSR count). The van der Waals surface area contributed by atoms with Crippen LogP contribution in [0.4, 0.5) is 0 Å². The number of hydrogen-bond acceptors (Lipinski definition) is 9. The predicted molar refractivity (Wildman–Crippen MR) is 127 cm³/mol. The number of amides is 2. The topological polar surface area (TPSA) is 136 Å². The van der Waals surface area contributed by atoms with Crippen molar-refractivity contribution < 1.29 is 33.1 Å². The van der Waals surface area contributed by atoms with Crippen molar-refractivity contribution in [3.63, 3.8) is 0 Å². The zero-order valence-electron chi connectivity index (χ0n) is 19.5. The Morgan fingerprint density at radius 3 is 2.66 bits per heavy atom. The first kappa shape index (κ1) is 25.6. The SMILES string of the molecule is C[C@@](CCN1Cc2cc(C#CC#CC3CN(CC4(O)COC4)C3)sc2C1=O)(C(=O)NO)S(C)(=O)=O. The maximum Gasteiger partial charge on any atom is 0.264 e. The zero-order valence-corrected chi connectivity index (χ0v) is 21.1. The van der Waals surface area contributed by atoms with E-state index in [4.69, 9.17) is 9.94 Å². The number of carbonyl (C=O) groups excluding carboxylic acids is 2. The molecule has 0 aromatic carbocycles. The molecule has 1 atom stereocenters. The van der Waals surface area contributed by atoms with Gasteiger partial charge in [0.15, 0.2) is 14.6 Å². The first-order valence-electron chi connectivity index (χ1n) is 11.0. The molecule has 2 saturated heterocycles. The van der Waals surface area contributed by atoms with E-state index >= 15 is 0 Å². The minimum atomic E-state index is -3.83. The zero-order chi connectivity index (χ0) is 25.4. The Morgan fingerprint density at radius 1 is 1.37 bits per heavy atom. The van der Waals surface area contributed by atoms with Crippen LogP contribution in [0.15, 0.2) is 6.07 Å². The highest BCUT2D eigenvalue weighted by Gasteiger charge is 2.44. The van der Waals surface area contributed by atoms with Gasteiger partial charge in [0.05, 0.1) is 23.0 Å². The van der Waals surface area contributed by atoms with E-state index in [1.54, 1.807) is 0 Å². The van der Waals surface area contributed by atoms with Gasteiger partial charge in [0, 0.05) is 44.9 Å². The molecule has 0 saturated carbocycles. The lowest BCUT2D eigenvalue weighted by molar-refractivity contribution is -0.192. The molecule has 0 bridgehead atoms. The van der Waals surface area contributed by atoms with Crippen molar-refractivity contribution in [3.8, 4) is 23.7 Å².